The summed E-state index contributed by atoms with van der Waals surface area (Å²) in [5.74, 6) is 0. The molecule has 0 spiro atoms. The molecule has 96 valence electrons. The van der Waals surface area contributed by atoms with E-state index in [1.807, 2.05) is 17.5 Å². The minimum absolute atomic E-state index is 0.00456. The number of pyridine rings is 1. The van der Waals surface area contributed by atoms with E-state index in [1.165, 1.54) is 29.8 Å². The molecule has 0 aromatic carbocycles. The zero-order chi connectivity index (χ0) is 13.2. The number of sulfonamides is 1. The van der Waals surface area contributed by atoms with Crippen LogP contribution in [0.1, 0.15) is 17.8 Å². The normalized spacial score (nSPS) is 13.4. The molecule has 0 aliphatic rings. The minimum Gasteiger partial charge on any atom is -0.263 e. The van der Waals surface area contributed by atoms with Crippen molar-refractivity contribution in [2.24, 2.45) is 0 Å². The second-order valence-electron chi connectivity index (χ2n) is 3.66. The lowest BCUT2D eigenvalue weighted by Gasteiger charge is -2.13. The molecule has 0 amide bonds. The summed E-state index contributed by atoms with van der Waals surface area (Å²) in [7, 11) is -3.65. The van der Waals surface area contributed by atoms with Crippen molar-refractivity contribution in [3.63, 3.8) is 0 Å². The molecule has 2 aromatic rings. The highest BCUT2D eigenvalue weighted by atomic mass is 35.5. The van der Waals surface area contributed by atoms with E-state index in [1.54, 1.807) is 6.92 Å². The molecule has 2 aromatic heterocycles. The molecule has 0 bridgehead atoms. The van der Waals surface area contributed by atoms with Gasteiger partial charge in [-0.25, -0.2) is 13.1 Å². The van der Waals surface area contributed by atoms with Crippen molar-refractivity contribution in [2.75, 3.05) is 0 Å². The lowest BCUT2D eigenvalue weighted by Crippen LogP contribution is -2.26. The summed E-state index contributed by atoms with van der Waals surface area (Å²) in [6.45, 7) is 1.79. The van der Waals surface area contributed by atoms with Gasteiger partial charge in [-0.05, 0) is 24.4 Å². The van der Waals surface area contributed by atoms with E-state index in [4.69, 9.17) is 11.6 Å². The van der Waals surface area contributed by atoms with Gasteiger partial charge in [0, 0.05) is 17.3 Å². The van der Waals surface area contributed by atoms with Crippen LogP contribution in [0, 0.1) is 0 Å². The highest BCUT2D eigenvalue weighted by molar-refractivity contribution is 7.89. The average Bonchev–Trinajstić information content (AvgIpc) is 2.82. The Hall–Kier alpha value is -0.950. The molecular weight excluding hydrogens is 292 g/mol. The highest BCUT2D eigenvalue weighted by Crippen LogP contribution is 2.23. The maximum absolute atomic E-state index is 12.1. The predicted octanol–water partition coefficient (Wildman–Crippen LogP) is 2.84. The van der Waals surface area contributed by atoms with Crippen LogP contribution in [-0.4, -0.2) is 13.4 Å². The van der Waals surface area contributed by atoms with Crippen molar-refractivity contribution in [3.8, 4) is 0 Å². The Kier molecular flexibility index (Phi) is 4.01. The van der Waals surface area contributed by atoms with Crippen molar-refractivity contribution in [1.82, 2.24) is 9.71 Å². The smallest absolute Gasteiger partial charge is 0.244 e. The van der Waals surface area contributed by atoms with E-state index >= 15 is 0 Å². The van der Waals surface area contributed by atoms with Gasteiger partial charge in [-0.15, -0.1) is 11.3 Å². The molecule has 2 rings (SSSR count). The molecular formula is C11H11ClN2O2S2. The maximum atomic E-state index is 12.1. The van der Waals surface area contributed by atoms with Crippen molar-refractivity contribution in [2.45, 2.75) is 17.9 Å². The fourth-order valence-corrected chi connectivity index (χ4v) is 3.92. The maximum Gasteiger partial charge on any atom is 0.244 e. The molecule has 7 heteroatoms. The summed E-state index contributed by atoms with van der Waals surface area (Å²) in [5, 5.41) is 2.06. The van der Waals surface area contributed by atoms with Crippen LogP contribution in [0.5, 0.6) is 0 Å². The monoisotopic (exact) mass is 302 g/mol. The second kappa shape index (κ2) is 5.36. The largest absolute Gasteiger partial charge is 0.263 e. The lowest BCUT2D eigenvalue weighted by molar-refractivity contribution is 0.568. The van der Waals surface area contributed by atoms with Gasteiger partial charge in [0.1, 0.15) is 4.90 Å². The molecule has 1 N–H and O–H groups in total. The molecule has 18 heavy (non-hydrogen) atoms. The molecule has 2 heterocycles. The minimum atomic E-state index is -3.65. The zero-order valence-electron chi connectivity index (χ0n) is 9.50. The van der Waals surface area contributed by atoms with Gasteiger partial charge >= 0.3 is 0 Å². The van der Waals surface area contributed by atoms with E-state index in [0.29, 0.717) is 0 Å². The van der Waals surface area contributed by atoms with Gasteiger partial charge in [0.05, 0.1) is 11.1 Å². The van der Waals surface area contributed by atoms with Gasteiger partial charge in [0.2, 0.25) is 10.0 Å². The van der Waals surface area contributed by atoms with E-state index in [9.17, 15) is 8.42 Å². The van der Waals surface area contributed by atoms with Crippen LogP contribution >= 0.6 is 22.9 Å². The topological polar surface area (TPSA) is 59.1 Å². The number of thiophene rings is 1. The van der Waals surface area contributed by atoms with Crippen LogP contribution in [0.3, 0.4) is 0 Å². The van der Waals surface area contributed by atoms with Crippen LogP contribution in [0.15, 0.2) is 40.9 Å². The summed E-state index contributed by atoms with van der Waals surface area (Å²) >= 11 is 7.36. The van der Waals surface area contributed by atoms with Gasteiger partial charge in [0.15, 0.2) is 0 Å². The first-order valence-corrected chi connectivity index (χ1v) is 7.90. The number of halogens is 1. The third-order valence-corrected chi connectivity index (χ3v) is 5.39. The Morgan fingerprint density at radius 3 is 2.83 bits per heavy atom. The number of aromatic nitrogens is 1. The number of nitrogens with zero attached hydrogens (tertiary/aromatic N) is 1. The molecule has 1 atom stereocenters. The van der Waals surface area contributed by atoms with Gasteiger partial charge in [-0.1, -0.05) is 17.7 Å². The fraction of sp³-hybridized carbons (Fsp3) is 0.182. The van der Waals surface area contributed by atoms with Gasteiger partial charge in [0.25, 0.3) is 0 Å². The molecule has 0 fully saturated rings. The second-order valence-corrected chi connectivity index (χ2v) is 6.73. The standard InChI is InChI=1S/C11H11ClN2O2S2/c1-8(10-3-2-6-17-10)14-18(15,16)11-7-13-5-4-9(11)12/h2-8,14H,1H3. The van der Waals surface area contributed by atoms with E-state index in [0.717, 1.165) is 4.88 Å². The fourth-order valence-electron chi connectivity index (χ4n) is 1.45. The highest BCUT2D eigenvalue weighted by Gasteiger charge is 2.21. The van der Waals surface area contributed by atoms with Crippen LogP contribution in [0.25, 0.3) is 0 Å². The van der Waals surface area contributed by atoms with Crippen molar-refractivity contribution in [3.05, 3.63) is 45.9 Å². The first kappa shape index (κ1) is 13.5. The molecule has 0 aliphatic heterocycles. The van der Waals surface area contributed by atoms with E-state index in [-0.39, 0.29) is 16.0 Å². The Morgan fingerprint density at radius 1 is 1.44 bits per heavy atom. The molecule has 0 radical (unpaired) electrons. The third-order valence-electron chi connectivity index (χ3n) is 2.33. The summed E-state index contributed by atoms with van der Waals surface area (Å²) in [6, 6.07) is 4.91. The van der Waals surface area contributed by atoms with Crippen LogP contribution in [0.4, 0.5) is 0 Å². The Bertz CT molecular complexity index is 626. The summed E-state index contributed by atoms with van der Waals surface area (Å²) in [6.07, 6.45) is 2.69. The zero-order valence-corrected chi connectivity index (χ0v) is 11.9. The number of rotatable bonds is 4. The Labute approximate surface area is 115 Å². The predicted molar refractivity (Wildman–Crippen MR) is 72.3 cm³/mol. The Balaban J connectivity index is 2.26. The van der Waals surface area contributed by atoms with E-state index < -0.39 is 10.0 Å². The van der Waals surface area contributed by atoms with Crippen molar-refractivity contribution >= 4 is 33.0 Å². The SMILES string of the molecule is CC(NS(=O)(=O)c1cnccc1Cl)c1cccs1. The molecule has 0 saturated heterocycles. The summed E-state index contributed by atoms with van der Waals surface area (Å²) in [5.41, 5.74) is 0. The summed E-state index contributed by atoms with van der Waals surface area (Å²) < 4.78 is 26.8. The van der Waals surface area contributed by atoms with Crippen LogP contribution in [0.2, 0.25) is 5.02 Å². The molecule has 0 saturated carbocycles. The number of hydrogen-bond donors (Lipinski definition) is 1. The first-order chi connectivity index (χ1) is 8.50. The average molecular weight is 303 g/mol. The summed E-state index contributed by atoms with van der Waals surface area (Å²) in [4.78, 5) is 4.72. The number of hydrogen-bond acceptors (Lipinski definition) is 4. The third kappa shape index (κ3) is 2.89. The quantitative estimate of drug-likeness (QED) is 0.945. The molecule has 4 nitrogen and oxygen atoms in total. The lowest BCUT2D eigenvalue weighted by atomic mass is 10.3. The van der Waals surface area contributed by atoms with E-state index in [2.05, 4.69) is 9.71 Å². The van der Waals surface area contributed by atoms with Crippen molar-refractivity contribution in [1.29, 1.82) is 0 Å². The van der Waals surface area contributed by atoms with Crippen LogP contribution < -0.4 is 4.72 Å². The number of nitrogens with one attached hydrogen (secondary N) is 1. The van der Waals surface area contributed by atoms with Gasteiger partial charge in [-0.3, -0.25) is 4.98 Å². The van der Waals surface area contributed by atoms with Crippen molar-refractivity contribution < 1.29 is 8.42 Å². The first-order valence-electron chi connectivity index (χ1n) is 5.16. The van der Waals surface area contributed by atoms with Gasteiger partial charge < -0.3 is 0 Å². The molecule has 1 unspecified atom stereocenters. The van der Waals surface area contributed by atoms with Gasteiger partial charge in [-0.2, -0.15) is 0 Å². The van der Waals surface area contributed by atoms with Crippen LogP contribution in [-0.2, 0) is 10.0 Å². The Morgan fingerprint density at radius 2 is 2.22 bits per heavy atom. The molecule has 0 aliphatic carbocycles.